The lowest BCUT2D eigenvalue weighted by atomic mass is 10.2. The predicted molar refractivity (Wildman–Crippen MR) is 52.7 cm³/mol. The average Bonchev–Trinajstić information content (AvgIpc) is 2.58. The fraction of sp³-hybridized carbons (Fsp3) is 0.100. The maximum atomic E-state index is 13.1. The van der Waals surface area contributed by atoms with E-state index in [1.54, 1.807) is 18.2 Å². The first-order valence-corrected chi connectivity index (χ1v) is 4.51. The van der Waals surface area contributed by atoms with E-state index in [4.69, 9.17) is 21.1 Å². The lowest BCUT2D eigenvalue weighted by Crippen LogP contribution is -2.04. The summed E-state index contributed by atoms with van der Waals surface area (Å²) in [5.41, 5.74) is 0.415. The van der Waals surface area contributed by atoms with Crippen LogP contribution in [0.2, 0.25) is 5.02 Å². The Morgan fingerprint density at radius 2 is 2.20 bits per heavy atom. The number of aliphatic carboxylic acids is 1. The molecular weight excluding hydrogens is 223 g/mol. The molecule has 0 fully saturated rings. The second-order valence-corrected chi connectivity index (χ2v) is 3.47. The molecule has 5 heteroatoms. The predicted octanol–water partition coefficient (Wildman–Crippen LogP) is 3.18. The molecule has 1 unspecified atom stereocenters. The van der Waals surface area contributed by atoms with E-state index >= 15 is 0 Å². The van der Waals surface area contributed by atoms with E-state index in [1.165, 1.54) is 6.07 Å². The van der Waals surface area contributed by atoms with E-state index in [-0.39, 0.29) is 5.76 Å². The average molecular weight is 229 g/mol. The number of hydrogen-bond donors (Lipinski definition) is 1. The molecule has 1 aromatic carbocycles. The highest BCUT2D eigenvalue weighted by atomic mass is 35.5. The molecule has 1 atom stereocenters. The first-order chi connectivity index (χ1) is 7.08. The minimum Gasteiger partial charge on any atom is -0.479 e. The summed E-state index contributed by atoms with van der Waals surface area (Å²) in [6.07, 6.45) is -2.14. The van der Waals surface area contributed by atoms with Gasteiger partial charge in [0.25, 0.3) is 6.17 Å². The maximum Gasteiger partial charge on any atom is 0.346 e. The molecule has 1 N–H and O–H groups in total. The summed E-state index contributed by atoms with van der Waals surface area (Å²) in [5.74, 6) is -1.79. The quantitative estimate of drug-likeness (QED) is 0.859. The summed E-state index contributed by atoms with van der Waals surface area (Å²) < 4.78 is 18.1. The third-order valence-corrected chi connectivity index (χ3v) is 2.20. The van der Waals surface area contributed by atoms with Gasteiger partial charge in [-0.1, -0.05) is 11.6 Å². The zero-order valence-corrected chi connectivity index (χ0v) is 8.16. The molecule has 15 heavy (non-hydrogen) atoms. The van der Waals surface area contributed by atoms with Gasteiger partial charge < -0.3 is 9.52 Å². The Balaban J connectivity index is 2.51. The largest absolute Gasteiger partial charge is 0.479 e. The first-order valence-electron chi connectivity index (χ1n) is 4.14. The lowest BCUT2D eigenvalue weighted by molar-refractivity contribution is -0.143. The van der Waals surface area contributed by atoms with Crippen LogP contribution in [0.15, 0.2) is 28.7 Å². The van der Waals surface area contributed by atoms with Gasteiger partial charge in [-0.05, 0) is 24.3 Å². The number of carboxylic acids is 1. The van der Waals surface area contributed by atoms with Gasteiger partial charge in [-0.2, -0.15) is 0 Å². The van der Waals surface area contributed by atoms with E-state index in [1.807, 2.05) is 0 Å². The molecule has 78 valence electrons. The number of carboxylic acid groups (broad SMARTS) is 1. The number of halogens is 2. The van der Waals surface area contributed by atoms with E-state index in [2.05, 4.69) is 0 Å². The SMILES string of the molecule is O=C(O)C(F)c1cc2cc(Cl)ccc2o1. The van der Waals surface area contributed by atoms with Crippen LogP contribution in [0.5, 0.6) is 0 Å². The first kappa shape index (κ1) is 9.98. The Hall–Kier alpha value is -1.55. The van der Waals surface area contributed by atoms with Crippen LogP contribution in [-0.2, 0) is 4.79 Å². The zero-order chi connectivity index (χ0) is 11.0. The summed E-state index contributed by atoms with van der Waals surface area (Å²) in [5, 5.41) is 9.53. The normalized spacial score (nSPS) is 12.9. The third-order valence-electron chi connectivity index (χ3n) is 1.96. The number of rotatable bonds is 2. The van der Waals surface area contributed by atoms with Gasteiger partial charge in [0.15, 0.2) is 5.76 Å². The minimum absolute atomic E-state index is 0.222. The van der Waals surface area contributed by atoms with Crippen molar-refractivity contribution in [3.8, 4) is 0 Å². The molecule has 0 bridgehead atoms. The molecule has 0 amide bonds. The van der Waals surface area contributed by atoms with Gasteiger partial charge in [-0.25, -0.2) is 9.18 Å². The third kappa shape index (κ3) is 1.80. The molecule has 0 spiro atoms. The number of furan rings is 1. The topological polar surface area (TPSA) is 50.4 Å². The smallest absolute Gasteiger partial charge is 0.346 e. The molecule has 0 saturated heterocycles. The minimum atomic E-state index is -2.14. The van der Waals surface area contributed by atoms with E-state index in [0.29, 0.717) is 16.0 Å². The fourth-order valence-electron chi connectivity index (χ4n) is 1.28. The lowest BCUT2D eigenvalue weighted by Gasteiger charge is -1.95. The molecule has 0 aliphatic heterocycles. The van der Waals surface area contributed by atoms with Gasteiger partial charge >= 0.3 is 5.97 Å². The van der Waals surface area contributed by atoms with Crippen LogP contribution in [0.3, 0.4) is 0 Å². The Morgan fingerprint density at radius 3 is 2.87 bits per heavy atom. The van der Waals surface area contributed by atoms with Crippen molar-refractivity contribution in [3.05, 3.63) is 35.0 Å². The molecule has 0 saturated carbocycles. The zero-order valence-electron chi connectivity index (χ0n) is 7.41. The van der Waals surface area contributed by atoms with Crippen LogP contribution in [0, 0.1) is 0 Å². The Labute approximate surface area is 89.1 Å². The molecule has 3 nitrogen and oxygen atoms in total. The van der Waals surface area contributed by atoms with Crippen molar-refractivity contribution < 1.29 is 18.7 Å². The van der Waals surface area contributed by atoms with Crippen molar-refractivity contribution in [1.29, 1.82) is 0 Å². The van der Waals surface area contributed by atoms with Crippen LogP contribution >= 0.6 is 11.6 Å². The van der Waals surface area contributed by atoms with Crippen LogP contribution in [0.4, 0.5) is 4.39 Å². The van der Waals surface area contributed by atoms with E-state index in [0.717, 1.165) is 0 Å². The standard InChI is InChI=1S/C10H6ClFO3/c11-6-1-2-7-5(3-6)4-8(15-7)9(12)10(13)14/h1-4,9H,(H,13,14). The van der Waals surface area contributed by atoms with Crippen molar-refractivity contribution in [1.82, 2.24) is 0 Å². The van der Waals surface area contributed by atoms with Crippen LogP contribution < -0.4 is 0 Å². The molecule has 2 rings (SSSR count). The second kappa shape index (κ2) is 3.55. The van der Waals surface area contributed by atoms with Crippen LogP contribution in [0.25, 0.3) is 11.0 Å². The molecule has 0 aliphatic rings. The van der Waals surface area contributed by atoms with Gasteiger partial charge in [0.2, 0.25) is 0 Å². The molecule has 0 aliphatic carbocycles. The number of hydrogen-bond acceptors (Lipinski definition) is 2. The molecule has 1 heterocycles. The van der Waals surface area contributed by atoms with Gasteiger partial charge in [0.1, 0.15) is 5.58 Å². The Morgan fingerprint density at radius 1 is 1.47 bits per heavy atom. The van der Waals surface area contributed by atoms with Gasteiger partial charge in [-0.15, -0.1) is 0 Å². The van der Waals surface area contributed by atoms with Crippen molar-refractivity contribution in [2.45, 2.75) is 6.17 Å². The Kier molecular flexibility index (Phi) is 2.36. The second-order valence-electron chi connectivity index (χ2n) is 3.03. The van der Waals surface area contributed by atoms with Crippen LogP contribution in [-0.4, -0.2) is 11.1 Å². The van der Waals surface area contributed by atoms with Crippen molar-refractivity contribution >= 4 is 28.5 Å². The van der Waals surface area contributed by atoms with Crippen LogP contribution in [0.1, 0.15) is 11.9 Å². The van der Waals surface area contributed by atoms with Gasteiger partial charge in [0.05, 0.1) is 0 Å². The van der Waals surface area contributed by atoms with E-state index < -0.39 is 12.1 Å². The maximum absolute atomic E-state index is 13.1. The number of alkyl halides is 1. The van der Waals surface area contributed by atoms with Crippen molar-refractivity contribution in [2.75, 3.05) is 0 Å². The summed E-state index contributed by atoms with van der Waals surface area (Å²) in [6, 6.07) is 6.07. The molecule has 2 aromatic rings. The summed E-state index contributed by atoms with van der Waals surface area (Å²) in [4.78, 5) is 10.4. The Bertz CT molecular complexity index is 520. The highest BCUT2D eigenvalue weighted by Crippen LogP contribution is 2.28. The van der Waals surface area contributed by atoms with Crippen molar-refractivity contribution in [3.63, 3.8) is 0 Å². The molecule has 0 radical (unpaired) electrons. The fourth-order valence-corrected chi connectivity index (χ4v) is 1.46. The molecular formula is C10H6ClFO3. The monoisotopic (exact) mass is 228 g/mol. The summed E-state index contributed by atoms with van der Waals surface area (Å²) in [7, 11) is 0. The van der Waals surface area contributed by atoms with Crippen molar-refractivity contribution in [2.24, 2.45) is 0 Å². The van der Waals surface area contributed by atoms with E-state index in [9.17, 15) is 9.18 Å². The highest BCUT2D eigenvalue weighted by Gasteiger charge is 2.22. The van der Waals surface area contributed by atoms with Gasteiger partial charge in [-0.3, -0.25) is 0 Å². The summed E-state index contributed by atoms with van der Waals surface area (Å²) >= 11 is 5.72. The highest BCUT2D eigenvalue weighted by molar-refractivity contribution is 6.31. The van der Waals surface area contributed by atoms with Gasteiger partial charge in [0, 0.05) is 10.4 Å². The number of benzene rings is 1. The molecule has 1 aromatic heterocycles. The number of carbonyl (C=O) groups is 1. The summed E-state index contributed by atoms with van der Waals surface area (Å²) in [6.45, 7) is 0. The number of fused-ring (bicyclic) bond motifs is 1.